The van der Waals surface area contributed by atoms with Crippen molar-refractivity contribution in [1.82, 2.24) is 9.97 Å². The topological polar surface area (TPSA) is 89.0 Å². The molecule has 0 radical (unpaired) electrons. The molecule has 178 valence electrons. The molecule has 2 fully saturated rings. The Kier molecular flexibility index (Phi) is 7.83. The van der Waals surface area contributed by atoms with Gasteiger partial charge in [0.25, 0.3) is 0 Å². The van der Waals surface area contributed by atoms with Crippen LogP contribution in [0.4, 0.5) is 17.3 Å². The van der Waals surface area contributed by atoms with Crippen molar-refractivity contribution in [1.29, 1.82) is 0 Å². The first-order chi connectivity index (χ1) is 16.2. The number of hydrogen-bond acceptors (Lipinski definition) is 8. The fourth-order valence-corrected chi connectivity index (χ4v) is 4.31. The van der Waals surface area contributed by atoms with Crippen LogP contribution in [0.1, 0.15) is 26.7 Å². The van der Waals surface area contributed by atoms with Crippen molar-refractivity contribution in [2.45, 2.75) is 26.7 Å². The summed E-state index contributed by atoms with van der Waals surface area (Å²) in [6.45, 7) is 9.30. The van der Waals surface area contributed by atoms with E-state index >= 15 is 0 Å². The summed E-state index contributed by atoms with van der Waals surface area (Å²) in [5, 5.41) is 3.11. The van der Waals surface area contributed by atoms with Crippen LogP contribution < -0.4 is 24.6 Å². The Bertz CT molecular complexity index is 921. The number of carbonyl (C=O) groups is 1. The molecular weight excluding hydrogens is 422 g/mol. The maximum Gasteiger partial charge on any atom is 0.229 e. The zero-order valence-electron chi connectivity index (χ0n) is 19.5. The summed E-state index contributed by atoms with van der Waals surface area (Å²) in [5.74, 6) is 1.86. The van der Waals surface area contributed by atoms with Gasteiger partial charge >= 0.3 is 0 Å². The van der Waals surface area contributed by atoms with Crippen molar-refractivity contribution in [3.8, 4) is 11.5 Å². The minimum absolute atomic E-state index is 0.0295. The number of carbonyl (C=O) groups excluding carboxylic acids is 1. The van der Waals surface area contributed by atoms with Gasteiger partial charge < -0.3 is 29.3 Å². The lowest BCUT2D eigenvalue weighted by Gasteiger charge is -2.32. The number of piperidine rings is 1. The van der Waals surface area contributed by atoms with E-state index in [9.17, 15) is 4.79 Å². The summed E-state index contributed by atoms with van der Waals surface area (Å²) in [7, 11) is 0. The molecule has 33 heavy (non-hydrogen) atoms. The van der Waals surface area contributed by atoms with E-state index in [2.05, 4.69) is 25.1 Å². The van der Waals surface area contributed by atoms with Crippen LogP contribution in [0.2, 0.25) is 0 Å². The van der Waals surface area contributed by atoms with Crippen LogP contribution in [0.5, 0.6) is 11.5 Å². The normalized spacial score (nSPS) is 18.7. The van der Waals surface area contributed by atoms with Crippen LogP contribution in [-0.4, -0.2) is 68.5 Å². The number of nitrogens with zero attached hydrogens (tertiary/aromatic N) is 4. The number of rotatable bonds is 8. The molecule has 0 aliphatic carbocycles. The van der Waals surface area contributed by atoms with Crippen LogP contribution in [0.3, 0.4) is 0 Å². The highest BCUT2D eigenvalue weighted by Gasteiger charge is 2.28. The number of anilines is 3. The Morgan fingerprint density at radius 1 is 1.06 bits per heavy atom. The van der Waals surface area contributed by atoms with E-state index in [1.54, 1.807) is 18.5 Å². The minimum atomic E-state index is -0.161. The molecule has 1 aromatic carbocycles. The van der Waals surface area contributed by atoms with E-state index in [4.69, 9.17) is 14.2 Å². The van der Waals surface area contributed by atoms with Crippen LogP contribution in [0, 0.1) is 5.92 Å². The Labute approximate surface area is 195 Å². The first-order valence-electron chi connectivity index (χ1n) is 11.8. The van der Waals surface area contributed by atoms with Crippen molar-refractivity contribution >= 4 is 23.2 Å². The van der Waals surface area contributed by atoms with Gasteiger partial charge in [0.1, 0.15) is 11.5 Å². The standard InChI is InChI=1S/C24H33N5O4/c1-3-32-21-16-20(28-11-13-31-14-12-28)22(33-4-2)15-19(21)27-23(30)18-7-5-10-29(17-18)24-25-8-6-9-26-24/h6,8-9,15-16,18H,3-5,7,10-14,17H2,1-2H3,(H,27,30). The number of ether oxygens (including phenoxy) is 3. The third-order valence-electron chi connectivity index (χ3n) is 5.90. The van der Waals surface area contributed by atoms with Gasteiger partial charge in [-0.25, -0.2) is 9.97 Å². The Balaban J connectivity index is 1.54. The number of aromatic nitrogens is 2. The summed E-state index contributed by atoms with van der Waals surface area (Å²) >= 11 is 0. The van der Waals surface area contributed by atoms with E-state index in [0.29, 0.717) is 50.4 Å². The first-order valence-corrected chi connectivity index (χ1v) is 11.8. The third-order valence-corrected chi connectivity index (χ3v) is 5.90. The van der Waals surface area contributed by atoms with E-state index in [-0.39, 0.29) is 11.8 Å². The molecule has 2 aromatic rings. The third kappa shape index (κ3) is 5.65. The highest BCUT2D eigenvalue weighted by molar-refractivity contribution is 5.95. The Morgan fingerprint density at radius 3 is 2.52 bits per heavy atom. The zero-order valence-corrected chi connectivity index (χ0v) is 19.5. The lowest BCUT2D eigenvalue weighted by Crippen LogP contribution is -2.41. The number of benzene rings is 1. The van der Waals surface area contributed by atoms with Crippen molar-refractivity contribution < 1.29 is 19.0 Å². The average Bonchev–Trinajstić information content (AvgIpc) is 2.87. The average molecular weight is 456 g/mol. The maximum absolute atomic E-state index is 13.3. The van der Waals surface area contributed by atoms with E-state index < -0.39 is 0 Å². The fraction of sp³-hybridized carbons (Fsp3) is 0.542. The molecule has 1 unspecified atom stereocenters. The molecule has 1 amide bonds. The summed E-state index contributed by atoms with van der Waals surface area (Å²) in [6.07, 6.45) is 5.19. The predicted molar refractivity (Wildman–Crippen MR) is 127 cm³/mol. The maximum atomic E-state index is 13.3. The van der Waals surface area contributed by atoms with Gasteiger partial charge in [-0.1, -0.05) is 0 Å². The largest absolute Gasteiger partial charge is 0.492 e. The second-order valence-corrected chi connectivity index (χ2v) is 8.10. The van der Waals surface area contributed by atoms with Gasteiger partial charge in [0.15, 0.2) is 0 Å². The number of amides is 1. The van der Waals surface area contributed by atoms with Crippen LogP contribution in [-0.2, 0) is 9.53 Å². The SMILES string of the molecule is CCOc1cc(N2CCOCC2)c(OCC)cc1NC(=O)C1CCCN(c2ncccn2)C1. The molecule has 2 saturated heterocycles. The molecule has 1 atom stereocenters. The van der Waals surface area contributed by atoms with Gasteiger partial charge in [0.2, 0.25) is 11.9 Å². The smallest absolute Gasteiger partial charge is 0.229 e. The van der Waals surface area contributed by atoms with Crippen molar-refractivity contribution in [3.63, 3.8) is 0 Å². The van der Waals surface area contributed by atoms with Crippen molar-refractivity contribution in [2.24, 2.45) is 5.92 Å². The molecule has 4 rings (SSSR count). The molecule has 2 aliphatic heterocycles. The molecule has 0 spiro atoms. The van der Waals surface area contributed by atoms with Gasteiger partial charge in [-0.2, -0.15) is 0 Å². The number of morpholine rings is 1. The van der Waals surface area contributed by atoms with Crippen LogP contribution in [0.25, 0.3) is 0 Å². The van der Waals surface area contributed by atoms with Crippen LogP contribution in [0.15, 0.2) is 30.6 Å². The summed E-state index contributed by atoms with van der Waals surface area (Å²) in [5.41, 5.74) is 1.60. The summed E-state index contributed by atoms with van der Waals surface area (Å²) < 4.78 is 17.4. The first kappa shape index (κ1) is 23.1. The second kappa shape index (κ2) is 11.2. The molecular formula is C24H33N5O4. The molecule has 2 aliphatic rings. The lowest BCUT2D eigenvalue weighted by atomic mass is 9.97. The van der Waals surface area contributed by atoms with Gasteiger partial charge in [-0.15, -0.1) is 0 Å². The Hall–Kier alpha value is -3.07. The van der Waals surface area contributed by atoms with E-state index in [0.717, 1.165) is 43.9 Å². The number of hydrogen-bond donors (Lipinski definition) is 1. The molecule has 1 aromatic heterocycles. The van der Waals surface area contributed by atoms with E-state index in [1.807, 2.05) is 26.0 Å². The van der Waals surface area contributed by atoms with Gasteiger partial charge in [-0.3, -0.25) is 4.79 Å². The summed E-state index contributed by atoms with van der Waals surface area (Å²) in [6, 6.07) is 5.65. The molecule has 9 nitrogen and oxygen atoms in total. The molecule has 3 heterocycles. The van der Waals surface area contributed by atoms with Crippen molar-refractivity contribution in [3.05, 3.63) is 30.6 Å². The van der Waals surface area contributed by atoms with Gasteiger partial charge in [-0.05, 0) is 32.8 Å². The Morgan fingerprint density at radius 2 is 1.79 bits per heavy atom. The molecule has 9 heteroatoms. The highest BCUT2D eigenvalue weighted by atomic mass is 16.5. The van der Waals surface area contributed by atoms with Crippen molar-refractivity contribution in [2.75, 3.05) is 67.7 Å². The fourth-order valence-electron chi connectivity index (χ4n) is 4.31. The quantitative estimate of drug-likeness (QED) is 0.650. The minimum Gasteiger partial charge on any atom is -0.492 e. The highest BCUT2D eigenvalue weighted by Crippen LogP contribution is 2.39. The van der Waals surface area contributed by atoms with Crippen LogP contribution >= 0.6 is 0 Å². The molecule has 0 bridgehead atoms. The van der Waals surface area contributed by atoms with Gasteiger partial charge in [0.05, 0.1) is 43.7 Å². The molecule has 1 N–H and O–H groups in total. The summed E-state index contributed by atoms with van der Waals surface area (Å²) in [4.78, 5) is 26.2. The zero-order chi connectivity index (χ0) is 23.0. The number of nitrogens with one attached hydrogen (secondary N) is 1. The lowest BCUT2D eigenvalue weighted by molar-refractivity contribution is -0.120. The second-order valence-electron chi connectivity index (χ2n) is 8.10. The van der Waals surface area contributed by atoms with E-state index in [1.165, 1.54) is 0 Å². The monoisotopic (exact) mass is 455 g/mol. The molecule has 0 saturated carbocycles. The predicted octanol–water partition coefficient (Wildman–Crippen LogP) is 2.97. The van der Waals surface area contributed by atoms with Gasteiger partial charge in [0, 0.05) is 50.7 Å².